The molecule has 0 aliphatic rings. The fourth-order valence-electron chi connectivity index (χ4n) is 0.213. The number of aliphatic carboxylic acids is 1. The van der Waals surface area contributed by atoms with E-state index in [0.717, 1.165) is 0 Å². The van der Waals surface area contributed by atoms with E-state index in [1.165, 1.54) is 6.66 Å². The molecule has 0 bridgehead atoms. The van der Waals surface area contributed by atoms with Crippen LogP contribution in [0.2, 0.25) is 0 Å². The molecule has 0 saturated heterocycles. The molecule has 0 aromatic heterocycles. The van der Waals surface area contributed by atoms with Crippen LogP contribution in [0.5, 0.6) is 0 Å². The van der Waals surface area contributed by atoms with E-state index in [1.807, 2.05) is 0 Å². The van der Waals surface area contributed by atoms with Crippen molar-refractivity contribution < 1.29 is 14.5 Å². The summed E-state index contributed by atoms with van der Waals surface area (Å²) in [5, 5.41) is 7.91. The molecule has 42 valence electrons. The first-order valence-corrected chi connectivity index (χ1v) is 3.95. The average Bonchev–Trinajstić information content (AvgIpc) is 1.27. The summed E-state index contributed by atoms with van der Waals surface area (Å²) in [7, 11) is -1.78. The van der Waals surface area contributed by atoms with Crippen LogP contribution in [0.15, 0.2) is 0 Å². The van der Waals surface area contributed by atoms with E-state index in [2.05, 4.69) is 0 Å². The van der Waals surface area contributed by atoms with Gasteiger partial charge in [0.25, 0.3) is 0 Å². The lowest BCUT2D eigenvalue weighted by atomic mass is 10.8. The minimum absolute atomic E-state index is 0.176. The molecule has 0 spiro atoms. The van der Waals surface area contributed by atoms with Gasteiger partial charge in [-0.3, -0.25) is 4.79 Å². The Morgan fingerprint density at radius 3 is 2.29 bits per heavy atom. The lowest BCUT2D eigenvalue weighted by Crippen LogP contribution is -1.96. The second kappa shape index (κ2) is 2.80. The van der Waals surface area contributed by atoms with E-state index in [1.54, 1.807) is 0 Å². The highest BCUT2D eigenvalue weighted by atomic mass is 31.1. The van der Waals surface area contributed by atoms with Crippen molar-refractivity contribution in [1.82, 2.24) is 0 Å². The van der Waals surface area contributed by atoms with Crippen LogP contribution in [0, 0.1) is 0 Å². The molecule has 4 heteroatoms. The fourth-order valence-corrected chi connectivity index (χ4v) is 0.639. The Bertz CT molecular complexity index is 86.4. The maximum absolute atomic E-state index is 10.1. The SMILES string of the molecule is C[PH](=O)CC(=O)O. The molecule has 0 heterocycles. The molecule has 0 aliphatic heterocycles. The first-order chi connectivity index (χ1) is 3.13. The predicted molar refractivity (Wildman–Crippen MR) is 27.4 cm³/mol. The molecule has 3 nitrogen and oxygen atoms in total. The molecule has 0 fully saturated rings. The van der Waals surface area contributed by atoms with Crippen LogP contribution in [0.25, 0.3) is 0 Å². The fraction of sp³-hybridized carbons (Fsp3) is 0.667. The van der Waals surface area contributed by atoms with Crippen molar-refractivity contribution in [1.29, 1.82) is 0 Å². The van der Waals surface area contributed by atoms with E-state index < -0.39 is 13.8 Å². The molecule has 0 aliphatic carbocycles. The largest absolute Gasteiger partial charge is 0.481 e. The smallest absolute Gasteiger partial charge is 0.310 e. The summed E-state index contributed by atoms with van der Waals surface area (Å²) in [6, 6.07) is 0. The Labute approximate surface area is 42.1 Å². The molecule has 1 unspecified atom stereocenters. The van der Waals surface area contributed by atoms with Crippen molar-refractivity contribution in [3.63, 3.8) is 0 Å². The first-order valence-electron chi connectivity index (χ1n) is 1.84. The zero-order valence-corrected chi connectivity index (χ0v) is 4.97. The molecule has 1 N–H and O–H groups in total. The van der Waals surface area contributed by atoms with Gasteiger partial charge in [0.1, 0.15) is 0 Å². The van der Waals surface area contributed by atoms with Crippen LogP contribution in [0.1, 0.15) is 0 Å². The van der Waals surface area contributed by atoms with Gasteiger partial charge in [-0.2, -0.15) is 0 Å². The summed E-state index contributed by atoms with van der Waals surface area (Å²) in [4.78, 5) is 9.64. The molecular formula is C3H7O3P. The zero-order chi connectivity index (χ0) is 5.86. The van der Waals surface area contributed by atoms with Gasteiger partial charge in [-0.25, -0.2) is 0 Å². The minimum Gasteiger partial charge on any atom is -0.481 e. The standard InChI is InChI=1S/C3H7O3P/c1-7(6)2-3(4)5/h7H,2H2,1H3,(H,4,5). The van der Waals surface area contributed by atoms with Crippen LogP contribution in [-0.2, 0) is 9.36 Å². The average molecular weight is 122 g/mol. The quantitative estimate of drug-likeness (QED) is 0.534. The number of hydrogen-bond acceptors (Lipinski definition) is 2. The van der Waals surface area contributed by atoms with Gasteiger partial charge in [-0.15, -0.1) is 0 Å². The lowest BCUT2D eigenvalue weighted by molar-refractivity contribution is -0.134. The molecule has 0 saturated carbocycles. The molecule has 0 amide bonds. The molecule has 0 radical (unpaired) electrons. The molecule has 0 aromatic carbocycles. The van der Waals surface area contributed by atoms with Gasteiger partial charge in [-0.05, 0) is 6.66 Å². The third kappa shape index (κ3) is 5.70. The maximum atomic E-state index is 10.1. The van der Waals surface area contributed by atoms with Gasteiger partial charge in [0.05, 0.1) is 14.0 Å². The summed E-state index contributed by atoms with van der Waals surface area (Å²) in [5.74, 6) is -0.980. The number of carboxylic acids is 1. The third-order valence-electron chi connectivity index (χ3n) is 0.400. The van der Waals surface area contributed by atoms with Crippen LogP contribution in [0.3, 0.4) is 0 Å². The van der Waals surface area contributed by atoms with Crippen LogP contribution in [-0.4, -0.2) is 23.9 Å². The van der Waals surface area contributed by atoms with Crippen LogP contribution < -0.4 is 0 Å². The summed E-state index contributed by atoms with van der Waals surface area (Å²) in [5.41, 5.74) is 0. The van der Waals surface area contributed by atoms with Gasteiger partial charge in [0, 0.05) is 0 Å². The summed E-state index contributed by atoms with van der Waals surface area (Å²) in [6.45, 7) is 1.43. The Balaban J connectivity index is 3.32. The normalized spacial score (nSPS) is 13.3. The Hall–Kier alpha value is -0.300. The van der Waals surface area contributed by atoms with E-state index >= 15 is 0 Å². The van der Waals surface area contributed by atoms with Gasteiger partial charge in [0.2, 0.25) is 0 Å². The van der Waals surface area contributed by atoms with E-state index in [-0.39, 0.29) is 6.16 Å². The highest BCUT2D eigenvalue weighted by Gasteiger charge is 1.96. The third-order valence-corrected chi connectivity index (χ3v) is 1.20. The Kier molecular flexibility index (Phi) is 2.68. The zero-order valence-electron chi connectivity index (χ0n) is 3.97. The van der Waals surface area contributed by atoms with Crippen molar-refractivity contribution >= 4 is 13.8 Å². The molecule has 0 rings (SSSR count). The molecular weight excluding hydrogens is 115 g/mol. The van der Waals surface area contributed by atoms with Crippen molar-refractivity contribution in [2.75, 3.05) is 12.8 Å². The first kappa shape index (κ1) is 6.70. The topological polar surface area (TPSA) is 54.4 Å². The van der Waals surface area contributed by atoms with Gasteiger partial charge >= 0.3 is 5.97 Å². The predicted octanol–water partition coefficient (Wildman–Crippen LogP) is 0.260. The van der Waals surface area contributed by atoms with Crippen LogP contribution in [0.4, 0.5) is 0 Å². The number of rotatable bonds is 2. The monoisotopic (exact) mass is 122 g/mol. The second-order valence-corrected chi connectivity index (χ2v) is 3.03. The number of carbonyl (C=O) groups is 1. The number of hydrogen-bond donors (Lipinski definition) is 1. The summed E-state index contributed by atoms with van der Waals surface area (Å²) < 4.78 is 10.1. The Morgan fingerprint density at radius 2 is 2.29 bits per heavy atom. The summed E-state index contributed by atoms with van der Waals surface area (Å²) in [6.07, 6.45) is -0.176. The summed E-state index contributed by atoms with van der Waals surface area (Å²) >= 11 is 0. The van der Waals surface area contributed by atoms with E-state index in [9.17, 15) is 9.36 Å². The van der Waals surface area contributed by atoms with Crippen molar-refractivity contribution in [3.8, 4) is 0 Å². The van der Waals surface area contributed by atoms with Gasteiger partial charge in [0.15, 0.2) is 0 Å². The molecule has 0 aromatic rings. The molecule has 1 atom stereocenters. The number of carboxylic acid groups (broad SMARTS) is 1. The highest BCUT2D eigenvalue weighted by Crippen LogP contribution is 2.10. The van der Waals surface area contributed by atoms with Crippen molar-refractivity contribution in [2.24, 2.45) is 0 Å². The van der Waals surface area contributed by atoms with E-state index in [0.29, 0.717) is 0 Å². The van der Waals surface area contributed by atoms with Crippen molar-refractivity contribution in [2.45, 2.75) is 0 Å². The lowest BCUT2D eigenvalue weighted by Gasteiger charge is -1.82. The highest BCUT2D eigenvalue weighted by molar-refractivity contribution is 7.44. The van der Waals surface area contributed by atoms with Gasteiger partial charge in [-0.1, -0.05) is 0 Å². The molecule has 7 heavy (non-hydrogen) atoms. The van der Waals surface area contributed by atoms with Gasteiger partial charge < -0.3 is 9.67 Å². The van der Waals surface area contributed by atoms with Crippen molar-refractivity contribution in [3.05, 3.63) is 0 Å². The van der Waals surface area contributed by atoms with E-state index in [4.69, 9.17) is 5.11 Å². The van der Waals surface area contributed by atoms with Crippen LogP contribution >= 0.6 is 7.80 Å². The second-order valence-electron chi connectivity index (χ2n) is 1.27. The minimum atomic E-state index is -1.78. The Morgan fingerprint density at radius 1 is 1.86 bits per heavy atom. The maximum Gasteiger partial charge on any atom is 0.310 e.